The quantitative estimate of drug-likeness (QED) is 0.411. The fourth-order valence-electron chi connectivity index (χ4n) is 4.83. The van der Waals surface area contributed by atoms with Gasteiger partial charge in [0.15, 0.2) is 0 Å². The summed E-state index contributed by atoms with van der Waals surface area (Å²) in [5.41, 5.74) is 4.54. The second-order valence-electron chi connectivity index (χ2n) is 9.19. The highest BCUT2D eigenvalue weighted by molar-refractivity contribution is 6.34. The van der Waals surface area contributed by atoms with Crippen LogP contribution in [-0.2, 0) is 0 Å². The van der Waals surface area contributed by atoms with E-state index in [0.717, 1.165) is 47.7 Å². The van der Waals surface area contributed by atoms with Crippen molar-refractivity contribution in [3.8, 4) is 23.3 Å². The van der Waals surface area contributed by atoms with Gasteiger partial charge in [-0.25, -0.2) is 0 Å². The molecule has 5 rings (SSSR count). The van der Waals surface area contributed by atoms with Crippen molar-refractivity contribution in [1.29, 1.82) is 5.26 Å². The van der Waals surface area contributed by atoms with Gasteiger partial charge in [0.1, 0.15) is 36.0 Å². The molecule has 2 heterocycles. The highest BCUT2D eigenvalue weighted by Gasteiger charge is 2.31. The molecule has 0 amide bonds. The minimum Gasteiger partial charge on any atom is -0.508 e. The Balaban J connectivity index is 1.43. The van der Waals surface area contributed by atoms with Crippen LogP contribution in [0.5, 0.6) is 17.2 Å². The third-order valence-corrected chi connectivity index (χ3v) is 7.20. The van der Waals surface area contributed by atoms with Gasteiger partial charge in [-0.2, -0.15) is 5.26 Å². The second kappa shape index (κ2) is 10.2. The Labute approximate surface area is 215 Å². The fourth-order valence-corrected chi connectivity index (χ4v) is 5.10. The summed E-state index contributed by atoms with van der Waals surface area (Å²) in [6.45, 7) is 4.61. The highest BCUT2D eigenvalue weighted by atomic mass is 35.5. The normalized spacial score (nSPS) is 17.7. The van der Waals surface area contributed by atoms with Crippen LogP contribution in [0.2, 0.25) is 5.02 Å². The topological polar surface area (TPSA) is 65.7 Å². The average Bonchev–Trinajstić information content (AvgIpc) is 2.86. The van der Waals surface area contributed by atoms with Crippen LogP contribution in [0.3, 0.4) is 0 Å². The Bertz CT molecular complexity index is 1340. The lowest BCUT2D eigenvalue weighted by Gasteiger charge is -2.37. The predicted octanol–water partition coefficient (Wildman–Crippen LogP) is 6.26. The monoisotopic (exact) mass is 504 g/mol. The van der Waals surface area contributed by atoms with E-state index in [-0.39, 0.29) is 18.3 Å². The number of fused-ring (bicyclic) bond motifs is 1. The largest absolute Gasteiger partial charge is 0.508 e. The Morgan fingerprint density at radius 3 is 2.64 bits per heavy atom. The predicted molar refractivity (Wildman–Crippen MR) is 138 cm³/mol. The van der Waals surface area contributed by atoms with Crippen LogP contribution in [0.1, 0.15) is 35.3 Å². The molecule has 5 nitrogen and oxygen atoms in total. The van der Waals surface area contributed by atoms with Crippen LogP contribution in [0.4, 0.5) is 4.39 Å². The van der Waals surface area contributed by atoms with Crippen LogP contribution < -0.4 is 9.47 Å². The van der Waals surface area contributed by atoms with E-state index in [1.165, 1.54) is 0 Å². The zero-order chi connectivity index (χ0) is 25.2. The molecular weight excluding hydrogens is 479 g/mol. The SMILES string of the molecule is CC1=C(c2cccc(C#N)c2Cl)C(c2ccc(OCCN3CC(CF)C3)cc2)Oc2ccc(O)cc21. The lowest BCUT2D eigenvalue weighted by Crippen LogP contribution is -2.49. The van der Waals surface area contributed by atoms with Crippen molar-refractivity contribution in [3.63, 3.8) is 0 Å². The van der Waals surface area contributed by atoms with E-state index < -0.39 is 6.10 Å². The number of nitrogens with zero attached hydrogens (tertiary/aromatic N) is 2. The molecule has 2 aliphatic heterocycles. The molecule has 1 atom stereocenters. The molecule has 1 unspecified atom stereocenters. The summed E-state index contributed by atoms with van der Waals surface area (Å²) in [4.78, 5) is 2.18. The summed E-state index contributed by atoms with van der Waals surface area (Å²) in [6.07, 6.45) is -0.471. The molecule has 0 spiro atoms. The lowest BCUT2D eigenvalue weighted by atomic mass is 9.85. The molecule has 36 heavy (non-hydrogen) atoms. The van der Waals surface area contributed by atoms with E-state index in [0.29, 0.717) is 28.5 Å². The first kappa shape index (κ1) is 24.2. The number of allylic oxidation sites excluding steroid dienone is 1. The second-order valence-corrected chi connectivity index (χ2v) is 9.57. The minimum atomic E-state index is -0.471. The molecule has 0 aliphatic carbocycles. The van der Waals surface area contributed by atoms with Gasteiger partial charge in [-0.15, -0.1) is 0 Å². The van der Waals surface area contributed by atoms with E-state index in [1.807, 2.05) is 37.3 Å². The maximum Gasteiger partial charge on any atom is 0.150 e. The maximum atomic E-state index is 12.6. The van der Waals surface area contributed by atoms with E-state index in [9.17, 15) is 14.8 Å². The number of halogens is 2. The van der Waals surface area contributed by atoms with Crippen molar-refractivity contribution < 1.29 is 19.0 Å². The van der Waals surface area contributed by atoms with Gasteiger partial charge in [0.05, 0.1) is 17.3 Å². The molecule has 0 aromatic heterocycles. The molecule has 3 aromatic rings. The maximum absolute atomic E-state index is 12.6. The molecule has 0 bridgehead atoms. The highest BCUT2D eigenvalue weighted by Crippen LogP contribution is 2.49. The summed E-state index contributed by atoms with van der Waals surface area (Å²) in [7, 11) is 0. The van der Waals surface area contributed by atoms with Gasteiger partial charge >= 0.3 is 0 Å². The van der Waals surface area contributed by atoms with Gasteiger partial charge in [0.2, 0.25) is 0 Å². The molecule has 3 aromatic carbocycles. The van der Waals surface area contributed by atoms with Crippen LogP contribution in [-0.4, -0.2) is 42.9 Å². The van der Waals surface area contributed by atoms with E-state index in [2.05, 4.69) is 11.0 Å². The smallest absolute Gasteiger partial charge is 0.150 e. The van der Waals surface area contributed by atoms with Gasteiger partial charge in [-0.1, -0.05) is 35.9 Å². The summed E-state index contributed by atoms with van der Waals surface area (Å²) in [5, 5.41) is 20.0. The first-order valence-electron chi connectivity index (χ1n) is 11.9. The van der Waals surface area contributed by atoms with Gasteiger partial charge in [0, 0.05) is 42.3 Å². The third-order valence-electron chi connectivity index (χ3n) is 6.80. The number of phenols is 1. The summed E-state index contributed by atoms with van der Waals surface area (Å²) in [5.74, 6) is 1.72. The minimum absolute atomic E-state index is 0.145. The first-order chi connectivity index (χ1) is 17.5. The van der Waals surface area contributed by atoms with E-state index >= 15 is 0 Å². The van der Waals surface area contributed by atoms with Crippen molar-refractivity contribution in [3.05, 3.63) is 87.9 Å². The zero-order valence-electron chi connectivity index (χ0n) is 19.9. The lowest BCUT2D eigenvalue weighted by molar-refractivity contribution is 0.0668. The zero-order valence-corrected chi connectivity index (χ0v) is 20.6. The molecule has 2 aliphatic rings. The van der Waals surface area contributed by atoms with Gasteiger partial charge < -0.3 is 14.6 Å². The third kappa shape index (κ3) is 4.65. The van der Waals surface area contributed by atoms with Gasteiger partial charge in [-0.3, -0.25) is 9.29 Å². The summed E-state index contributed by atoms with van der Waals surface area (Å²) < 4.78 is 25.0. The Hall–Kier alpha value is -3.53. The van der Waals surface area contributed by atoms with Gasteiger partial charge in [-0.05, 0) is 54.5 Å². The van der Waals surface area contributed by atoms with Gasteiger partial charge in [0.25, 0.3) is 0 Å². The molecule has 0 radical (unpaired) electrons. The van der Waals surface area contributed by atoms with Crippen molar-refractivity contribution in [2.24, 2.45) is 5.92 Å². The molecular formula is C29H26ClFN2O3. The fraction of sp³-hybridized carbons (Fsp3) is 0.276. The molecule has 1 N–H and O–H groups in total. The van der Waals surface area contributed by atoms with Crippen molar-refractivity contribution in [2.75, 3.05) is 32.9 Å². The number of ether oxygens (including phenoxy) is 2. The van der Waals surface area contributed by atoms with Crippen LogP contribution in [0, 0.1) is 17.2 Å². The average molecular weight is 505 g/mol. The molecule has 0 saturated carbocycles. The van der Waals surface area contributed by atoms with Crippen molar-refractivity contribution >= 4 is 22.7 Å². The van der Waals surface area contributed by atoms with Crippen LogP contribution in [0.25, 0.3) is 11.1 Å². The number of rotatable bonds is 7. The van der Waals surface area contributed by atoms with Crippen molar-refractivity contribution in [1.82, 2.24) is 4.90 Å². The Morgan fingerprint density at radius 1 is 1.14 bits per heavy atom. The molecule has 184 valence electrons. The number of benzene rings is 3. The number of aromatic hydroxyl groups is 1. The number of alkyl halides is 1. The first-order valence-corrected chi connectivity index (χ1v) is 12.3. The van der Waals surface area contributed by atoms with Crippen LogP contribution in [0.15, 0.2) is 60.7 Å². The van der Waals surface area contributed by atoms with Crippen molar-refractivity contribution in [2.45, 2.75) is 13.0 Å². The standard InChI is InChI=1S/C29H26ClFN2O3/c1-18-25-13-22(34)7-10-26(25)36-29(27(18)24-4-2-3-21(15-32)28(24)30)20-5-8-23(9-6-20)35-12-11-33-16-19(14-31)17-33/h2-10,13,19,29,34H,11-12,14,16-17H2,1H3. The molecule has 7 heteroatoms. The molecule has 1 fully saturated rings. The number of nitriles is 1. The Morgan fingerprint density at radius 2 is 1.92 bits per heavy atom. The van der Waals surface area contributed by atoms with E-state index in [1.54, 1.807) is 30.3 Å². The van der Waals surface area contributed by atoms with Crippen LogP contribution >= 0.6 is 11.6 Å². The van der Waals surface area contributed by atoms with E-state index in [4.69, 9.17) is 21.1 Å². The summed E-state index contributed by atoms with van der Waals surface area (Å²) in [6, 6.07) is 20.3. The number of likely N-dealkylation sites (tertiary alicyclic amines) is 1. The molecule has 1 saturated heterocycles. The Kier molecular flexibility index (Phi) is 6.86. The number of hydrogen-bond acceptors (Lipinski definition) is 5. The summed E-state index contributed by atoms with van der Waals surface area (Å²) >= 11 is 6.66. The number of hydrogen-bond donors (Lipinski definition) is 1. The number of phenolic OH excluding ortho intramolecular Hbond substituents is 1.